The van der Waals surface area contributed by atoms with Gasteiger partial charge in [0.2, 0.25) is 0 Å². The Morgan fingerprint density at radius 3 is 2.53 bits per heavy atom. The summed E-state index contributed by atoms with van der Waals surface area (Å²) in [6.07, 6.45) is 0.238. The average molecular weight is 237 g/mol. The first-order valence-corrected chi connectivity index (χ1v) is 6.02. The third kappa shape index (κ3) is 4.02. The molecule has 1 aromatic rings. The Labute approximate surface area is 104 Å². The van der Waals surface area contributed by atoms with Gasteiger partial charge in [-0.25, -0.2) is 0 Å². The van der Waals surface area contributed by atoms with Crippen LogP contribution in [0, 0.1) is 6.92 Å². The van der Waals surface area contributed by atoms with E-state index in [9.17, 15) is 0 Å². The molecule has 1 atom stereocenters. The smallest absolute Gasteiger partial charge is 0.123 e. The third-order valence-electron chi connectivity index (χ3n) is 2.71. The molecule has 0 aliphatic carbocycles. The van der Waals surface area contributed by atoms with Crippen LogP contribution in [0.15, 0.2) is 18.2 Å². The summed E-state index contributed by atoms with van der Waals surface area (Å²) in [5.41, 5.74) is 2.34. The van der Waals surface area contributed by atoms with Gasteiger partial charge in [0.05, 0.1) is 25.9 Å². The lowest BCUT2D eigenvalue weighted by molar-refractivity contribution is 0.0621. The van der Waals surface area contributed by atoms with Crippen LogP contribution in [0.4, 0.5) is 0 Å². The highest BCUT2D eigenvalue weighted by Crippen LogP contribution is 2.26. The molecule has 0 spiro atoms. The molecule has 1 rings (SSSR count). The van der Waals surface area contributed by atoms with Gasteiger partial charge in [0.15, 0.2) is 0 Å². The lowest BCUT2D eigenvalue weighted by Crippen LogP contribution is -2.24. The topological polar surface area (TPSA) is 30.5 Å². The highest BCUT2D eigenvalue weighted by atomic mass is 16.5. The number of likely N-dealkylation sites (N-methyl/N-ethyl adjacent to an activating group) is 1. The number of rotatable bonds is 6. The van der Waals surface area contributed by atoms with Crippen molar-refractivity contribution in [1.82, 2.24) is 5.32 Å². The molecule has 3 nitrogen and oxygen atoms in total. The van der Waals surface area contributed by atoms with Crippen molar-refractivity contribution < 1.29 is 9.47 Å². The van der Waals surface area contributed by atoms with Crippen LogP contribution in [0.1, 0.15) is 31.0 Å². The Hall–Kier alpha value is -1.06. The molecule has 17 heavy (non-hydrogen) atoms. The largest absolute Gasteiger partial charge is 0.496 e. The molecule has 0 radical (unpaired) electrons. The van der Waals surface area contributed by atoms with E-state index in [1.807, 2.05) is 20.9 Å². The van der Waals surface area contributed by atoms with E-state index in [0.29, 0.717) is 6.61 Å². The highest BCUT2D eigenvalue weighted by molar-refractivity contribution is 5.39. The minimum Gasteiger partial charge on any atom is -0.496 e. The number of hydrogen-bond acceptors (Lipinski definition) is 3. The zero-order valence-corrected chi connectivity index (χ0v) is 11.4. The lowest BCUT2D eigenvalue weighted by atomic mass is 10.0. The van der Waals surface area contributed by atoms with Crippen LogP contribution < -0.4 is 10.1 Å². The molecular formula is C14H23NO2. The Balaban J connectivity index is 2.87. The Bertz CT molecular complexity index is 350. The zero-order valence-electron chi connectivity index (χ0n) is 11.4. The van der Waals surface area contributed by atoms with Crippen molar-refractivity contribution in [2.45, 2.75) is 32.9 Å². The van der Waals surface area contributed by atoms with Gasteiger partial charge in [-0.15, -0.1) is 0 Å². The van der Waals surface area contributed by atoms with E-state index in [2.05, 4.69) is 30.4 Å². The zero-order chi connectivity index (χ0) is 12.8. The van der Waals surface area contributed by atoms with Crippen LogP contribution >= 0.6 is 0 Å². The summed E-state index contributed by atoms with van der Waals surface area (Å²) in [5.74, 6) is 0.914. The van der Waals surface area contributed by atoms with E-state index >= 15 is 0 Å². The van der Waals surface area contributed by atoms with Gasteiger partial charge < -0.3 is 14.8 Å². The van der Waals surface area contributed by atoms with E-state index in [4.69, 9.17) is 9.47 Å². The Morgan fingerprint density at radius 1 is 1.29 bits per heavy atom. The van der Waals surface area contributed by atoms with Gasteiger partial charge in [-0.05, 0) is 39.4 Å². The summed E-state index contributed by atoms with van der Waals surface area (Å²) in [6, 6.07) is 6.40. The lowest BCUT2D eigenvalue weighted by Gasteiger charge is -2.21. The number of ether oxygens (including phenoxy) is 2. The summed E-state index contributed by atoms with van der Waals surface area (Å²) in [7, 11) is 3.64. The second kappa shape index (κ2) is 6.62. The van der Waals surface area contributed by atoms with Crippen LogP contribution in [0.25, 0.3) is 0 Å². The van der Waals surface area contributed by atoms with E-state index < -0.39 is 0 Å². The van der Waals surface area contributed by atoms with Crippen LogP contribution in [-0.4, -0.2) is 26.9 Å². The van der Waals surface area contributed by atoms with Crippen LogP contribution in [0.3, 0.4) is 0 Å². The first kappa shape index (κ1) is 14.0. The van der Waals surface area contributed by atoms with Gasteiger partial charge in [0, 0.05) is 5.56 Å². The van der Waals surface area contributed by atoms with Gasteiger partial charge in [0.25, 0.3) is 0 Å². The number of benzene rings is 1. The van der Waals surface area contributed by atoms with Crippen molar-refractivity contribution in [3.63, 3.8) is 0 Å². The van der Waals surface area contributed by atoms with E-state index in [0.717, 1.165) is 11.3 Å². The van der Waals surface area contributed by atoms with Crippen LogP contribution in [0.2, 0.25) is 0 Å². The fourth-order valence-corrected chi connectivity index (χ4v) is 1.72. The van der Waals surface area contributed by atoms with Crippen molar-refractivity contribution in [2.24, 2.45) is 0 Å². The van der Waals surface area contributed by atoms with Crippen molar-refractivity contribution in [3.05, 3.63) is 29.3 Å². The molecular weight excluding hydrogens is 214 g/mol. The molecule has 0 saturated carbocycles. The van der Waals surface area contributed by atoms with E-state index in [-0.39, 0.29) is 12.1 Å². The maximum atomic E-state index is 5.66. The molecule has 0 heterocycles. The molecule has 3 heteroatoms. The second-order valence-electron chi connectivity index (χ2n) is 4.47. The van der Waals surface area contributed by atoms with Crippen LogP contribution in [-0.2, 0) is 4.74 Å². The third-order valence-corrected chi connectivity index (χ3v) is 2.71. The minimum absolute atomic E-state index is 0.160. The molecule has 1 N–H and O–H groups in total. The van der Waals surface area contributed by atoms with E-state index in [1.165, 1.54) is 5.56 Å². The number of hydrogen-bond donors (Lipinski definition) is 1. The molecule has 0 fully saturated rings. The fourth-order valence-electron chi connectivity index (χ4n) is 1.72. The van der Waals surface area contributed by atoms with Gasteiger partial charge in [-0.1, -0.05) is 12.1 Å². The first-order chi connectivity index (χ1) is 8.08. The quantitative estimate of drug-likeness (QED) is 0.825. The van der Waals surface area contributed by atoms with Gasteiger partial charge in [-0.3, -0.25) is 0 Å². The molecule has 0 aliphatic rings. The molecule has 0 saturated heterocycles. The molecule has 0 aromatic heterocycles. The molecule has 0 amide bonds. The van der Waals surface area contributed by atoms with Crippen molar-refractivity contribution in [1.29, 1.82) is 0 Å². The predicted octanol–water partition coefficient (Wildman–Crippen LogP) is 2.69. The number of nitrogens with one attached hydrogen (secondary N) is 1. The van der Waals surface area contributed by atoms with Crippen molar-refractivity contribution in [2.75, 3.05) is 20.8 Å². The highest BCUT2D eigenvalue weighted by Gasteiger charge is 2.15. The van der Waals surface area contributed by atoms with Gasteiger partial charge in [-0.2, -0.15) is 0 Å². The normalized spacial score (nSPS) is 12.8. The summed E-state index contributed by atoms with van der Waals surface area (Å²) in [6.45, 7) is 6.79. The molecule has 1 unspecified atom stereocenters. The first-order valence-electron chi connectivity index (χ1n) is 6.02. The van der Waals surface area contributed by atoms with Gasteiger partial charge in [0.1, 0.15) is 5.75 Å². The number of methoxy groups -OCH3 is 1. The maximum Gasteiger partial charge on any atom is 0.123 e. The Morgan fingerprint density at radius 2 is 2.00 bits per heavy atom. The van der Waals surface area contributed by atoms with E-state index in [1.54, 1.807) is 7.11 Å². The minimum atomic E-state index is 0.160. The molecule has 0 aliphatic heterocycles. The number of aryl methyl sites for hydroxylation is 1. The van der Waals surface area contributed by atoms with Crippen molar-refractivity contribution in [3.8, 4) is 5.75 Å². The van der Waals surface area contributed by atoms with Gasteiger partial charge >= 0.3 is 0 Å². The maximum absolute atomic E-state index is 5.66. The molecule has 1 aromatic carbocycles. The molecule has 96 valence electrons. The predicted molar refractivity (Wildman–Crippen MR) is 70.6 cm³/mol. The summed E-state index contributed by atoms with van der Waals surface area (Å²) in [4.78, 5) is 0. The fraction of sp³-hybridized carbons (Fsp3) is 0.571. The molecule has 0 bridgehead atoms. The summed E-state index contributed by atoms with van der Waals surface area (Å²) >= 11 is 0. The van der Waals surface area contributed by atoms with Crippen LogP contribution in [0.5, 0.6) is 5.75 Å². The summed E-state index contributed by atoms with van der Waals surface area (Å²) < 4.78 is 11.1. The second-order valence-corrected chi connectivity index (χ2v) is 4.47. The Kier molecular flexibility index (Phi) is 5.45. The summed E-state index contributed by atoms with van der Waals surface area (Å²) in [5, 5.41) is 3.26. The monoisotopic (exact) mass is 237 g/mol. The average Bonchev–Trinajstić information content (AvgIpc) is 2.30. The van der Waals surface area contributed by atoms with Crippen molar-refractivity contribution >= 4 is 0 Å². The SMILES string of the molecule is CNC(COC(C)C)c1ccc(C)cc1OC. The standard InChI is InChI=1S/C14H23NO2/c1-10(2)17-9-13(15-4)12-7-6-11(3)8-14(12)16-5/h6-8,10,13,15H,9H2,1-5H3.